The lowest BCUT2D eigenvalue weighted by Crippen LogP contribution is -2.62. The van der Waals surface area contributed by atoms with E-state index < -0.39 is 9.84 Å². The molecule has 5 atom stereocenters. The van der Waals surface area contributed by atoms with Crippen LogP contribution in [0.25, 0.3) is 0 Å². The second kappa shape index (κ2) is 5.65. The monoisotopic (exact) mass is 392 g/mol. The van der Waals surface area contributed by atoms with Crippen LogP contribution in [0, 0.1) is 22.7 Å². The molecule has 1 aliphatic heterocycles. The Bertz CT molecular complexity index is 892. The van der Waals surface area contributed by atoms with Crippen LogP contribution in [0.3, 0.4) is 0 Å². The van der Waals surface area contributed by atoms with E-state index in [-0.39, 0.29) is 38.6 Å². The molecule has 27 heavy (non-hydrogen) atoms. The van der Waals surface area contributed by atoms with E-state index in [9.17, 15) is 13.5 Å². The topological polar surface area (TPSA) is 63.6 Å². The van der Waals surface area contributed by atoms with Gasteiger partial charge in [-0.1, -0.05) is 40.5 Å². The Morgan fingerprint density at radius 3 is 2.48 bits per heavy atom. The van der Waals surface area contributed by atoms with E-state index in [1.54, 1.807) is 12.1 Å². The molecule has 2 fully saturated rings. The maximum absolute atomic E-state index is 13.3. The normalized spacial score (nSPS) is 42.6. The molecule has 2 saturated carbocycles. The van der Waals surface area contributed by atoms with Crippen LogP contribution in [0.15, 0.2) is 17.0 Å². The van der Waals surface area contributed by atoms with E-state index in [4.69, 9.17) is 4.74 Å². The zero-order chi connectivity index (χ0) is 19.8. The Kier molecular flexibility index (Phi) is 4.00. The van der Waals surface area contributed by atoms with Gasteiger partial charge in [-0.15, -0.1) is 0 Å². The van der Waals surface area contributed by atoms with E-state index in [2.05, 4.69) is 27.7 Å². The van der Waals surface area contributed by atoms with Crippen molar-refractivity contribution in [1.82, 2.24) is 0 Å². The molecule has 0 aromatic heterocycles. The van der Waals surface area contributed by atoms with Gasteiger partial charge in [-0.2, -0.15) is 0 Å². The van der Waals surface area contributed by atoms with E-state index in [0.717, 1.165) is 25.7 Å². The van der Waals surface area contributed by atoms with Crippen LogP contribution in [0.1, 0.15) is 65.4 Å². The molecule has 1 heterocycles. The third-order valence-electron chi connectivity index (χ3n) is 9.01. The number of hydrogen-bond acceptors (Lipinski definition) is 4. The average molecular weight is 393 g/mol. The number of phenols is 1. The number of phenolic OH excluding ortho intramolecular Hbond substituents is 1. The molecule has 2 aliphatic carbocycles. The second-order valence-corrected chi connectivity index (χ2v) is 11.9. The van der Waals surface area contributed by atoms with Crippen molar-refractivity contribution in [2.75, 3.05) is 12.9 Å². The highest BCUT2D eigenvalue weighted by Gasteiger charge is 2.65. The summed E-state index contributed by atoms with van der Waals surface area (Å²) in [6.45, 7) is 9.23. The molecular formula is C22H32O4S. The lowest BCUT2D eigenvalue weighted by Gasteiger charge is -2.66. The van der Waals surface area contributed by atoms with Crippen molar-refractivity contribution < 1.29 is 18.3 Å². The van der Waals surface area contributed by atoms with Crippen LogP contribution in [-0.4, -0.2) is 26.4 Å². The first kappa shape index (κ1) is 19.1. The van der Waals surface area contributed by atoms with Gasteiger partial charge in [-0.3, -0.25) is 0 Å². The summed E-state index contributed by atoms with van der Waals surface area (Å²) in [7, 11) is -1.98. The molecule has 1 aromatic rings. The zero-order valence-corrected chi connectivity index (χ0v) is 17.9. The van der Waals surface area contributed by atoms with Crippen LogP contribution in [-0.2, 0) is 15.3 Å². The van der Waals surface area contributed by atoms with Crippen LogP contribution >= 0.6 is 0 Å². The number of ether oxygens (including phenoxy) is 1. The summed E-state index contributed by atoms with van der Waals surface area (Å²) in [5, 5.41) is 10.9. The molecule has 0 bridgehead atoms. The fraction of sp³-hybridized carbons (Fsp3) is 0.727. The third-order valence-corrected chi connectivity index (χ3v) is 10.8. The van der Waals surface area contributed by atoms with Crippen LogP contribution in [0.5, 0.6) is 11.5 Å². The lowest BCUT2D eigenvalue weighted by molar-refractivity contribution is -0.133. The standard InChI is InChI=1S/C22H32O4S/c1-14-7-6-8-22(4)18-13-27(24,25)17-12-15(26-5)11-16(23)19(17)20(18,2)9-10-21(14,22)3/h11-12,14,18,23H,6-10,13H2,1-5H3/t14?,18-,20+,21-,22-/m0/s1. The maximum Gasteiger partial charge on any atom is 0.179 e. The Balaban J connectivity index is 1.96. The zero-order valence-electron chi connectivity index (χ0n) is 17.1. The molecule has 150 valence electrons. The molecule has 1 aromatic carbocycles. The van der Waals surface area contributed by atoms with Gasteiger partial charge in [0.1, 0.15) is 11.5 Å². The summed E-state index contributed by atoms with van der Waals surface area (Å²) in [4.78, 5) is 0.272. The smallest absolute Gasteiger partial charge is 0.179 e. The van der Waals surface area contributed by atoms with Crippen molar-refractivity contribution in [2.45, 2.75) is 70.1 Å². The molecule has 4 nitrogen and oxygen atoms in total. The molecule has 0 amide bonds. The quantitative estimate of drug-likeness (QED) is 0.753. The lowest BCUT2D eigenvalue weighted by atomic mass is 9.39. The van der Waals surface area contributed by atoms with E-state index in [0.29, 0.717) is 17.2 Å². The predicted octanol–water partition coefficient (Wildman–Crippen LogP) is 4.69. The molecule has 0 saturated heterocycles. The van der Waals surface area contributed by atoms with Gasteiger partial charge >= 0.3 is 0 Å². The van der Waals surface area contributed by atoms with Gasteiger partial charge in [0, 0.05) is 17.0 Å². The number of rotatable bonds is 1. The summed E-state index contributed by atoms with van der Waals surface area (Å²) >= 11 is 0. The van der Waals surface area contributed by atoms with Crippen molar-refractivity contribution in [3.63, 3.8) is 0 Å². The largest absolute Gasteiger partial charge is 0.507 e. The first-order valence-electron chi connectivity index (χ1n) is 10.1. The van der Waals surface area contributed by atoms with Gasteiger partial charge in [-0.25, -0.2) is 8.42 Å². The van der Waals surface area contributed by atoms with E-state index >= 15 is 0 Å². The summed E-state index contributed by atoms with van der Waals surface area (Å²) in [5.41, 5.74) is 0.392. The summed E-state index contributed by atoms with van der Waals surface area (Å²) in [6, 6.07) is 3.17. The van der Waals surface area contributed by atoms with Gasteiger partial charge in [0.2, 0.25) is 0 Å². The van der Waals surface area contributed by atoms with Gasteiger partial charge < -0.3 is 9.84 Å². The number of sulfone groups is 1. The Morgan fingerprint density at radius 2 is 1.81 bits per heavy atom. The van der Waals surface area contributed by atoms with Crippen LogP contribution < -0.4 is 4.74 Å². The number of hydrogen-bond donors (Lipinski definition) is 1. The van der Waals surface area contributed by atoms with Gasteiger partial charge in [0.25, 0.3) is 0 Å². The predicted molar refractivity (Wildman–Crippen MR) is 106 cm³/mol. The number of fused-ring (bicyclic) bond motifs is 5. The van der Waals surface area contributed by atoms with Gasteiger partial charge in [-0.05, 0) is 48.0 Å². The Labute approximate surface area is 163 Å². The van der Waals surface area contributed by atoms with E-state index in [1.807, 2.05) is 0 Å². The highest BCUT2D eigenvalue weighted by molar-refractivity contribution is 7.91. The van der Waals surface area contributed by atoms with Crippen molar-refractivity contribution in [3.8, 4) is 11.5 Å². The first-order valence-corrected chi connectivity index (χ1v) is 11.8. The Hall–Kier alpha value is -1.23. The van der Waals surface area contributed by atoms with Crippen molar-refractivity contribution in [1.29, 1.82) is 0 Å². The minimum absolute atomic E-state index is 0.0169. The molecular weight excluding hydrogens is 360 g/mol. The molecule has 5 heteroatoms. The van der Waals surface area contributed by atoms with Crippen molar-refractivity contribution >= 4 is 9.84 Å². The number of benzene rings is 1. The van der Waals surface area contributed by atoms with Gasteiger partial charge in [0.15, 0.2) is 9.84 Å². The average Bonchev–Trinajstić information content (AvgIpc) is 2.60. The molecule has 0 spiro atoms. The van der Waals surface area contributed by atoms with Crippen molar-refractivity contribution in [2.24, 2.45) is 22.7 Å². The van der Waals surface area contributed by atoms with Crippen molar-refractivity contribution in [3.05, 3.63) is 17.7 Å². The van der Waals surface area contributed by atoms with Crippen LogP contribution in [0.4, 0.5) is 0 Å². The van der Waals surface area contributed by atoms with Crippen LogP contribution in [0.2, 0.25) is 0 Å². The number of methoxy groups -OCH3 is 1. The fourth-order valence-electron chi connectivity index (χ4n) is 6.93. The highest BCUT2D eigenvalue weighted by Crippen LogP contribution is 2.70. The SMILES string of the molecule is COc1cc(O)c2c(c1)S(=O)(=O)C[C@H]1[C@@]2(C)CC[C@@]2(C)C(C)CCC[C@@]12C. The summed E-state index contributed by atoms with van der Waals surface area (Å²) < 4.78 is 31.9. The molecule has 3 aliphatic rings. The minimum Gasteiger partial charge on any atom is -0.507 e. The molecule has 1 unspecified atom stereocenters. The second-order valence-electron chi connectivity index (χ2n) is 9.90. The maximum atomic E-state index is 13.3. The number of aromatic hydroxyl groups is 1. The van der Waals surface area contributed by atoms with E-state index in [1.165, 1.54) is 13.5 Å². The van der Waals surface area contributed by atoms with Gasteiger partial charge in [0.05, 0.1) is 17.8 Å². The molecule has 4 rings (SSSR count). The summed E-state index contributed by atoms with van der Waals surface area (Å²) in [5.74, 6) is 1.24. The minimum atomic E-state index is -3.48. The third kappa shape index (κ3) is 2.30. The molecule has 0 radical (unpaired) electrons. The fourth-order valence-corrected chi connectivity index (χ4v) is 9.23. The summed E-state index contributed by atoms with van der Waals surface area (Å²) in [6.07, 6.45) is 5.43. The Morgan fingerprint density at radius 1 is 1.11 bits per heavy atom. The highest BCUT2D eigenvalue weighted by atomic mass is 32.2. The first-order chi connectivity index (χ1) is 12.5. The molecule has 1 N–H and O–H groups in total.